The van der Waals surface area contributed by atoms with Crippen LogP contribution in [0.3, 0.4) is 0 Å². The van der Waals surface area contributed by atoms with E-state index in [1.54, 1.807) is 11.8 Å². The number of rotatable bonds is 6. The van der Waals surface area contributed by atoms with E-state index in [9.17, 15) is 9.59 Å². The van der Waals surface area contributed by atoms with Crippen LogP contribution in [-0.4, -0.2) is 28.3 Å². The minimum absolute atomic E-state index is 0.0688. The van der Waals surface area contributed by atoms with Crippen LogP contribution in [0.2, 0.25) is 0 Å². The molecule has 0 radical (unpaired) electrons. The minimum atomic E-state index is -0.566. The van der Waals surface area contributed by atoms with Crippen LogP contribution < -0.4 is 5.32 Å². The molecule has 4 nitrogen and oxygen atoms in total. The summed E-state index contributed by atoms with van der Waals surface area (Å²) >= 11 is 3.43. The second kappa shape index (κ2) is 9.18. The summed E-state index contributed by atoms with van der Waals surface area (Å²) in [6, 6.07) is 16.8. The number of halogens is 1. The molecule has 0 spiro atoms. The van der Waals surface area contributed by atoms with Gasteiger partial charge in [-0.05, 0) is 51.0 Å². The van der Waals surface area contributed by atoms with E-state index in [1.807, 2.05) is 75.4 Å². The van der Waals surface area contributed by atoms with Crippen molar-refractivity contribution in [2.45, 2.75) is 52.2 Å². The van der Waals surface area contributed by atoms with Gasteiger partial charge in [0.2, 0.25) is 11.8 Å². The number of carbonyl (C=O) groups excluding carboxylic acids is 2. The lowest BCUT2D eigenvalue weighted by molar-refractivity contribution is -0.140. The Balaban J connectivity index is 2.22. The lowest BCUT2D eigenvalue weighted by Crippen LogP contribution is -2.52. The average molecular weight is 431 g/mol. The Kier molecular flexibility index (Phi) is 7.19. The highest BCUT2D eigenvalue weighted by Gasteiger charge is 2.28. The fourth-order valence-electron chi connectivity index (χ4n) is 2.72. The number of benzene rings is 2. The molecule has 2 rings (SSSR count). The van der Waals surface area contributed by atoms with Crippen molar-refractivity contribution in [1.82, 2.24) is 10.2 Å². The maximum atomic E-state index is 13.0. The van der Waals surface area contributed by atoms with Gasteiger partial charge in [-0.1, -0.05) is 58.4 Å². The Bertz CT molecular complexity index is 767. The Morgan fingerprint density at radius 2 is 1.59 bits per heavy atom. The van der Waals surface area contributed by atoms with Crippen molar-refractivity contribution < 1.29 is 9.59 Å². The first-order valence-corrected chi connectivity index (χ1v) is 9.85. The van der Waals surface area contributed by atoms with Crippen LogP contribution in [0, 0.1) is 0 Å². The molecule has 0 saturated heterocycles. The van der Waals surface area contributed by atoms with Crippen LogP contribution in [0.5, 0.6) is 0 Å². The number of nitrogens with one attached hydrogen (secondary N) is 1. The molecule has 0 aliphatic rings. The average Bonchev–Trinajstić information content (AvgIpc) is 2.60. The predicted molar refractivity (Wildman–Crippen MR) is 112 cm³/mol. The van der Waals surface area contributed by atoms with Crippen LogP contribution in [-0.2, 0) is 22.6 Å². The highest BCUT2D eigenvalue weighted by atomic mass is 79.9. The molecule has 0 unspecified atom stereocenters. The zero-order valence-corrected chi connectivity index (χ0v) is 17.9. The van der Waals surface area contributed by atoms with Gasteiger partial charge in [0.1, 0.15) is 6.04 Å². The van der Waals surface area contributed by atoms with Crippen molar-refractivity contribution >= 4 is 27.7 Å². The van der Waals surface area contributed by atoms with Gasteiger partial charge in [-0.2, -0.15) is 0 Å². The van der Waals surface area contributed by atoms with E-state index in [0.717, 1.165) is 15.6 Å². The highest BCUT2D eigenvalue weighted by molar-refractivity contribution is 9.10. The van der Waals surface area contributed by atoms with E-state index in [2.05, 4.69) is 21.2 Å². The summed E-state index contributed by atoms with van der Waals surface area (Å²) in [5.74, 6) is -0.221. The van der Waals surface area contributed by atoms with Gasteiger partial charge in [0, 0.05) is 16.6 Å². The summed E-state index contributed by atoms with van der Waals surface area (Å²) in [7, 11) is 0. The molecule has 1 N–H and O–H groups in total. The van der Waals surface area contributed by atoms with Gasteiger partial charge in [0.05, 0.1) is 6.42 Å². The first kappa shape index (κ1) is 21.2. The van der Waals surface area contributed by atoms with E-state index < -0.39 is 6.04 Å². The van der Waals surface area contributed by atoms with Crippen molar-refractivity contribution in [3.8, 4) is 0 Å². The van der Waals surface area contributed by atoms with Gasteiger partial charge in [0.15, 0.2) is 0 Å². The fraction of sp³-hybridized carbons (Fsp3) is 0.364. The molecule has 2 aromatic carbocycles. The van der Waals surface area contributed by atoms with Gasteiger partial charge in [-0.25, -0.2) is 0 Å². The summed E-state index contributed by atoms with van der Waals surface area (Å²) < 4.78 is 0.979. The Hall–Kier alpha value is -2.14. The molecule has 0 aliphatic carbocycles. The molecule has 0 saturated carbocycles. The zero-order chi connectivity index (χ0) is 20.0. The first-order chi connectivity index (χ1) is 12.7. The van der Waals surface area contributed by atoms with Gasteiger partial charge in [-0.3, -0.25) is 9.59 Å². The second-order valence-corrected chi connectivity index (χ2v) is 8.64. The quantitative estimate of drug-likeness (QED) is 0.741. The molecule has 27 heavy (non-hydrogen) atoms. The summed E-state index contributed by atoms with van der Waals surface area (Å²) in [4.78, 5) is 27.4. The predicted octanol–water partition coefficient (Wildman–Crippen LogP) is 4.32. The summed E-state index contributed by atoms with van der Waals surface area (Å²) in [6.45, 7) is 7.97. The van der Waals surface area contributed by atoms with E-state index in [1.165, 1.54) is 0 Å². The van der Waals surface area contributed by atoms with Crippen LogP contribution in [0.15, 0.2) is 59.1 Å². The molecule has 2 aromatic rings. The number of nitrogens with zero attached hydrogens (tertiary/aromatic N) is 1. The SMILES string of the molecule is C[C@H](C(=O)NC(C)(C)C)N(Cc1ccc(Br)cc1)C(=O)Cc1ccccc1. The number of hydrogen-bond acceptors (Lipinski definition) is 2. The van der Waals surface area contributed by atoms with Crippen molar-refractivity contribution in [1.29, 1.82) is 0 Å². The van der Waals surface area contributed by atoms with E-state index in [-0.39, 0.29) is 23.8 Å². The van der Waals surface area contributed by atoms with Crippen LogP contribution >= 0.6 is 15.9 Å². The highest BCUT2D eigenvalue weighted by Crippen LogP contribution is 2.16. The van der Waals surface area contributed by atoms with Crippen LogP contribution in [0.4, 0.5) is 0 Å². The molecule has 1 atom stereocenters. The van der Waals surface area contributed by atoms with Gasteiger partial charge in [0.25, 0.3) is 0 Å². The Labute approximate surface area is 170 Å². The van der Waals surface area contributed by atoms with E-state index >= 15 is 0 Å². The number of amides is 2. The lowest BCUT2D eigenvalue weighted by atomic mass is 10.1. The monoisotopic (exact) mass is 430 g/mol. The van der Waals surface area contributed by atoms with Crippen molar-refractivity contribution in [3.63, 3.8) is 0 Å². The molecule has 0 fully saturated rings. The molecule has 2 amide bonds. The molecular weight excluding hydrogens is 404 g/mol. The van der Waals surface area contributed by atoms with Crippen molar-refractivity contribution in [2.24, 2.45) is 0 Å². The summed E-state index contributed by atoms with van der Waals surface area (Å²) in [5.41, 5.74) is 1.57. The Morgan fingerprint density at radius 1 is 1.00 bits per heavy atom. The molecule has 5 heteroatoms. The number of hydrogen-bond donors (Lipinski definition) is 1. The van der Waals surface area contributed by atoms with E-state index in [4.69, 9.17) is 0 Å². The maximum absolute atomic E-state index is 13.0. The molecular formula is C22H27BrN2O2. The first-order valence-electron chi connectivity index (χ1n) is 9.05. The molecule has 0 bridgehead atoms. The third-order valence-corrected chi connectivity index (χ3v) is 4.66. The van der Waals surface area contributed by atoms with Crippen LogP contribution in [0.25, 0.3) is 0 Å². The molecule has 0 aromatic heterocycles. The third kappa shape index (κ3) is 6.83. The maximum Gasteiger partial charge on any atom is 0.242 e. The zero-order valence-electron chi connectivity index (χ0n) is 16.3. The largest absolute Gasteiger partial charge is 0.350 e. The molecule has 144 valence electrons. The standard InChI is InChI=1S/C22H27BrN2O2/c1-16(21(27)24-22(2,3)4)25(15-18-10-12-19(23)13-11-18)20(26)14-17-8-6-5-7-9-17/h5-13,16H,14-15H2,1-4H3,(H,24,27)/t16-/m1/s1. The van der Waals surface area contributed by atoms with Crippen molar-refractivity contribution in [2.75, 3.05) is 0 Å². The molecule has 0 heterocycles. The van der Waals surface area contributed by atoms with Crippen molar-refractivity contribution in [3.05, 3.63) is 70.2 Å². The topological polar surface area (TPSA) is 49.4 Å². The van der Waals surface area contributed by atoms with Gasteiger partial charge >= 0.3 is 0 Å². The second-order valence-electron chi connectivity index (χ2n) is 7.73. The summed E-state index contributed by atoms with van der Waals surface area (Å²) in [6.07, 6.45) is 0.268. The summed E-state index contributed by atoms with van der Waals surface area (Å²) in [5, 5.41) is 2.97. The van der Waals surface area contributed by atoms with Gasteiger partial charge < -0.3 is 10.2 Å². The lowest BCUT2D eigenvalue weighted by Gasteiger charge is -2.31. The third-order valence-electron chi connectivity index (χ3n) is 4.13. The van der Waals surface area contributed by atoms with Crippen LogP contribution in [0.1, 0.15) is 38.8 Å². The van der Waals surface area contributed by atoms with Gasteiger partial charge in [-0.15, -0.1) is 0 Å². The molecule has 0 aliphatic heterocycles. The normalized spacial score (nSPS) is 12.3. The minimum Gasteiger partial charge on any atom is -0.350 e. The fourth-order valence-corrected chi connectivity index (χ4v) is 2.98. The number of carbonyl (C=O) groups is 2. The van der Waals surface area contributed by atoms with E-state index in [0.29, 0.717) is 6.54 Å². The smallest absolute Gasteiger partial charge is 0.242 e. The Morgan fingerprint density at radius 3 is 2.15 bits per heavy atom.